The minimum Gasteiger partial charge on any atom is -0.381 e. The summed E-state index contributed by atoms with van der Waals surface area (Å²) < 4.78 is 5.43. The van der Waals surface area contributed by atoms with Gasteiger partial charge in [0, 0.05) is 19.8 Å². The molecule has 3 N–H and O–H groups in total. The van der Waals surface area contributed by atoms with Gasteiger partial charge in [-0.25, -0.2) is 0 Å². The number of hydrogen-bond acceptors (Lipinski definition) is 3. The molecule has 1 amide bonds. The lowest BCUT2D eigenvalue weighted by molar-refractivity contribution is -0.122. The normalized spacial score (nSPS) is 12.1. The molecule has 0 heterocycles. The van der Waals surface area contributed by atoms with Crippen molar-refractivity contribution in [2.75, 3.05) is 19.8 Å². The van der Waals surface area contributed by atoms with Crippen LogP contribution in [0, 0.1) is 0 Å². The molecule has 0 aromatic heterocycles. The van der Waals surface area contributed by atoms with Gasteiger partial charge in [-0.1, -0.05) is 43.7 Å². The average Bonchev–Trinajstić information content (AvgIpc) is 2.47. The van der Waals surface area contributed by atoms with E-state index in [0.717, 1.165) is 31.4 Å². The van der Waals surface area contributed by atoms with Gasteiger partial charge in [0.15, 0.2) is 0 Å². The number of ether oxygens (including phenoxy) is 1. The highest BCUT2D eigenvalue weighted by atomic mass is 16.5. The fourth-order valence-corrected chi connectivity index (χ4v) is 1.83. The second-order valence-corrected chi connectivity index (χ2v) is 4.91. The number of carbonyl (C=O) groups is 1. The van der Waals surface area contributed by atoms with Crippen LogP contribution in [0.4, 0.5) is 0 Å². The van der Waals surface area contributed by atoms with Crippen molar-refractivity contribution >= 4 is 5.91 Å². The monoisotopic (exact) mass is 278 g/mol. The molecule has 112 valence electrons. The summed E-state index contributed by atoms with van der Waals surface area (Å²) in [6.45, 7) is 4.25. The average molecular weight is 278 g/mol. The standard InChI is InChI=1S/C16H26N2O2/c1-2-3-11-20-12-7-10-18-16(19)15(17)13-14-8-5-4-6-9-14/h4-6,8-9,15H,2-3,7,10-13,17H2,1H3,(H,18,19)/t15-/m1/s1. The molecule has 1 atom stereocenters. The number of unbranched alkanes of at least 4 members (excludes halogenated alkanes) is 1. The van der Waals surface area contributed by atoms with Crippen LogP contribution in [0.2, 0.25) is 0 Å². The Bertz CT molecular complexity index is 368. The summed E-state index contributed by atoms with van der Waals surface area (Å²) in [5, 5.41) is 2.85. The maximum absolute atomic E-state index is 11.8. The highest BCUT2D eigenvalue weighted by Gasteiger charge is 2.12. The molecular formula is C16H26N2O2. The molecule has 4 heteroatoms. The molecule has 20 heavy (non-hydrogen) atoms. The zero-order chi connectivity index (χ0) is 14.6. The molecule has 0 aliphatic heterocycles. The van der Waals surface area contributed by atoms with Crippen molar-refractivity contribution in [3.8, 4) is 0 Å². The van der Waals surface area contributed by atoms with Gasteiger partial charge < -0.3 is 15.8 Å². The van der Waals surface area contributed by atoms with Crippen molar-refractivity contribution in [1.82, 2.24) is 5.32 Å². The third kappa shape index (κ3) is 7.26. The Morgan fingerprint density at radius 1 is 1.25 bits per heavy atom. The van der Waals surface area contributed by atoms with Gasteiger partial charge in [0.1, 0.15) is 0 Å². The molecule has 0 saturated carbocycles. The highest BCUT2D eigenvalue weighted by molar-refractivity contribution is 5.81. The van der Waals surface area contributed by atoms with Gasteiger partial charge in [-0.3, -0.25) is 4.79 Å². The van der Waals surface area contributed by atoms with E-state index < -0.39 is 6.04 Å². The Morgan fingerprint density at radius 2 is 1.95 bits per heavy atom. The lowest BCUT2D eigenvalue weighted by atomic mass is 10.1. The first-order valence-corrected chi connectivity index (χ1v) is 7.39. The number of carbonyl (C=O) groups excluding carboxylic acids is 1. The van der Waals surface area contributed by atoms with Crippen molar-refractivity contribution in [1.29, 1.82) is 0 Å². The van der Waals surface area contributed by atoms with Crippen molar-refractivity contribution in [3.05, 3.63) is 35.9 Å². The van der Waals surface area contributed by atoms with Gasteiger partial charge in [0.25, 0.3) is 0 Å². The Balaban J connectivity index is 2.10. The summed E-state index contributed by atoms with van der Waals surface area (Å²) in [5.74, 6) is -0.0950. The smallest absolute Gasteiger partial charge is 0.237 e. The lowest BCUT2D eigenvalue weighted by Crippen LogP contribution is -2.42. The highest BCUT2D eigenvalue weighted by Crippen LogP contribution is 2.01. The van der Waals surface area contributed by atoms with Crippen molar-refractivity contribution < 1.29 is 9.53 Å². The van der Waals surface area contributed by atoms with Crippen molar-refractivity contribution in [3.63, 3.8) is 0 Å². The third-order valence-electron chi connectivity index (χ3n) is 3.04. The van der Waals surface area contributed by atoms with E-state index in [1.807, 2.05) is 30.3 Å². The van der Waals surface area contributed by atoms with E-state index in [1.54, 1.807) is 0 Å². The van der Waals surface area contributed by atoms with E-state index >= 15 is 0 Å². The van der Waals surface area contributed by atoms with E-state index in [1.165, 1.54) is 0 Å². The zero-order valence-corrected chi connectivity index (χ0v) is 12.3. The molecule has 4 nitrogen and oxygen atoms in total. The van der Waals surface area contributed by atoms with Gasteiger partial charge in [-0.05, 0) is 24.8 Å². The van der Waals surface area contributed by atoms with E-state index in [-0.39, 0.29) is 5.91 Å². The fraction of sp³-hybridized carbons (Fsp3) is 0.562. The summed E-state index contributed by atoms with van der Waals surface area (Å²) in [6.07, 6.45) is 3.63. The number of benzene rings is 1. The predicted molar refractivity (Wildman–Crippen MR) is 81.5 cm³/mol. The largest absolute Gasteiger partial charge is 0.381 e. The first-order valence-electron chi connectivity index (χ1n) is 7.39. The van der Waals surface area contributed by atoms with Crippen LogP contribution in [-0.2, 0) is 16.0 Å². The summed E-state index contributed by atoms with van der Waals surface area (Å²) >= 11 is 0. The summed E-state index contributed by atoms with van der Waals surface area (Å²) in [6, 6.07) is 9.33. The minimum absolute atomic E-state index is 0.0950. The third-order valence-corrected chi connectivity index (χ3v) is 3.04. The molecule has 0 unspecified atom stereocenters. The number of rotatable bonds is 10. The Kier molecular flexibility index (Phi) is 8.67. The molecule has 1 rings (SSSR count). The number of hydrogen-bond donors (Lipinski definition) is 2. The second-order valence-electron chi connectivity index (χ2n) is 4.91. The molecule has 1 aromatic rings. The first-order chi connectivity index (χ1) is 9.74. The fourth-order valence-electron chi connectivity index (χ4n) is 1.83. The quantitative estimate of drug-likeness (QED) is 0.642. The van der Waals surface area contributed by atoms with Crippen LogP contribution in [0.1, 0.15) is 31.7 Å². The molecule has 0 aliphatic rings. The van der Waals surface area contributed by atoms with Crippen molar-refractivity contribution in [2.24, 2.45) is 5.73 Å². The van der Waals surface area contributed by atoms with Crippen LogP contribution >= 0.6 is 0 Å². The molecule has 0 fully saturated rings. The molecule has 0 aliphatic carbocycles. The summed E-state index contributed by atoms with van der Waals surface area (Å²) in [4.78, 5) is 11.8. The van der Waals surface area contributed by atoms with Gasteiger partial charge in [0.2, 0.25) is 5.91 Å². The molecule has 0 bridgehead atoms. The maximum Gasteiger partial charge on any atom is 0.237 e. The Hall–Kier alpha value is -1.39. The summed E-state index contributed by atoms with van der Waals surface area (Å²) in [5.41, 5.74) is 6.97. The topological polar surface area (TPSA) is 64.3 Å². The minimum atomic E-state index is -0.488. The maximum atomic E-state index is 11.8. The number of amides is 1. The molecule has 0 spiro atoms. The number of nitrogens with two attached hydrogens (primary N) is 1. The van der Waals surface area contributed by atoms with E-state index in [9.17, 15) is 4.79 Å². The van der Waals surface area contributed by atoms with Gasteiger partial charge in [0.05, 0.1) is 6.04 Å². The van der Waals surface area contributed by atoms with E-state index in [4.69, 9.17) is 10.5 Å². The van der Waals surface area contributed by atoms with Crippen LogP contribution < -0.4 is 11.1 Å². The van der Waals surface area contributed by atoms with Crippen LogP contribution in [0.15, 0.2) is 30.3 Å². The Labute approximate surface area is 121 Å². The molecule has 0 saturated heterocycles. The predicted octanol–water partition coefficient (Wildman–Crippen LogP) is 1.88. The number of nitrogens with one attached hydrogen (secondary N) is 1. The Morgan fingerprint density at radius 3 is 2.65 bits per heavy atom. The second kappa shape index (κ2) is 10.4. The van der Waals surface area contributed by atoms with Gasteiger partial charge >= 0.3 is 0 Å². The van der Waals surface area contributed by atoms with E-state index in [2.05, 4.69) is 12.2 Å². The van der Waals surface area contributed by atoms with Crippen LogP contribution in [0.3, 0.4) is 0 Å². The van der Waals surface area contributed by atoms with Crippen LogP contribution in [-0.4, -0.2) is 31.7 Å². The molecular weight excluding hydrogens is 252 g/mol. The molecule has 1 aromatic carbocycles. The molecule has 0 radical (unpaired) electrons. The lowest BCUT2D eigenvalue weighted by Gasteiger charge is -2.12. The van der Waals surface area contributed by atoms with E-state index in [0.29, 0.717) is 19.6 Å². The van der Waals surface area contributed by atoms with Crippen LogP contribution in [0.25, 0.3) is 0 Å². The summed E-state index contributed by atoms with van der Waals surface area (Å²) in [7, 11) is 0. The first kappa shape index (κ1) is 16.7. The van der Waals surface area contributed by atoms with Gasteiger partial charge in [-0.2, -0.15) is 0 Å². The zero-order valence-electron chi connectivity index (χ0n) is 12.3. The SMILES string of the molecule is CCCCOCCCNC(=O)[C@H](N)Cc1ccccc1. The van der Waals surface area contributed by atoms with Crippen molar-refractivity contribution in [2.45, 2.75) is 38.6 Å². The van der Waals surface area contributed by atoms with Gasteiger partial charge in [-0.15, -0.1) is 0 Å². The van der Waals surface area contributed by atoms with Crippen LogP contribution in [0.5, 0.6) is 0 Å².